The van der Waals surface area contributed by atoms with Crippen LogP contribution < -0.4 is 5.32 Å². The van der Waals surface area contributed by atoms with Crippen LogP contribution in [0.1, 0.15) is 20.3 Å². The number of hydrogen-bond donors (Lipinski definition) is 1. The molecule has 1 atom stereocenters. The van der Waals surface area contributed by atoms with Crippen molar-refractivity contribution in [1.29, 1.82) is 0 Å². The van der Waals surface area contributed by atoms with E-state index in [9.17, 15) is 0 Å². The Morgan fingerprint density at radius 3 is 2.76 bits per heavy atom. The predicted octanol–water partition coefficient (Wildman–Crippen LogP) is 3.75. The molecular formula is C12H19Br2N3. The smallest absolute Gasteiger partial charge is 0.140 e. The fourth-order valence-corrected chi connectivity index (χ4v) is 2.56. The van der Waals surface area contributed by atoms with Gasteiger partial charge < -0.3 is 10.2 Å². The molecule has 0 aliphatic heterocycles. The second-order valence-electron chi connectivity index (χ2n) is 4.15. The van der Waals surface area contributed by atoms with Gasteiger partial charge in [0.2, 0.25) is 0 Å². The molecule has 1 N–H and O–H groups in total. The van der Waals surface area contributed by atoms with Crippen LogP contribution in [0.5, 0.6) is 0 Å². The molecule has 0 spiro atoms. The third kappa shape index (κ3) is 4.94. The van der Waals surface area contributed by atoms with E-state index in [1.807, 2.05) is 6.07 Å². The maximum atomic E-state index is 4.32. The third-order valence-corrected chi connectivity index (χ3v) is 3.95. The molecule has 5 heteroatoms. The molecule has 0 amide bonds. The molecule has 17 heavy (non-hydrogen) atoms. The van der Waals surface area contributed by atoms with Gasteiger partial charge in [-0.2, -0.15) is 0 Å². The van der Waals surface area contributed by atoms with Crippen molar-refractivity contribution in [3.8, 4) is 0 Å². The number of anilines is 1. The minimum Gasteiger partial charge on any atom is -0.368 e. The van der Waals surface area contributed by atoms with Crippen LogP contribution in [-0.4, -0.2) is 36.1 Å². The number of hydrogen-bond acceptors (Lipinski definition) is 3. The average molecular weight is 365 g/mol. The zero-order valence-corrected chi connectivity index (χ0v) is 13.7. The lowest BCUT2D eigenvalue weighted by Gasteiger charge is -2.23. The summed E-state index contributed by atoms with van der Waals surface area (Å²) in [6.45, 7) is 6.36. The van der Waals surface area contributed by atoms with Crippen molar-refractivity contribution in [2.75, 3.05) is 25.5 Å². The topological polar surface area (TPSA) is 28.2 Å². The molecule has 0 fully saturated rings. The average Bonchev–Trinajstić information content (AvgIpc) is 2.30. The van der Waals surface area contributed by atoms with Gasteiger partial charge in [0.05, 0.1) is 4.47 Å². The molecule has 1 heterocycles. The van der Waals surface area contributed by atoms with Gasteiger partial charge in [-0.15, -0.1) is 0 Å². The fourth-order valence-electron chi connectivity index (χ4n) is 1.43. The summed E-state index contributed by atoms with van der Waals surface area (Å²) in [5.74, 6) is 0.894. The molecule has 1 aromatic heterocycles. The Labute approximate surface area is 120 Å². The van der Waals surface area contributed by atoms with E-state index in [0.29, 0.717) is 6.04 Å². The first-order valence-electron chi connectivity index (χ1n) is 5.79. The highest BCUT2D eigenvalue weighted by Crippen LogP contribution is 2.23. The molecule has 96 valence electrons. The lowest BCUT2D eigenvalue weighted by Crippen LogP contribution is -2.32. The summed E-state index contributed by atoms with van der Waals surface area (Å²) >= 11 is 6.88. The monoisotopic (exact) mass is 363 g/mol. The van der Waals surface area contributed by atoms with Crippen LogP contribution in [0.25, 0.3) is 0 Å². The van der Waals surface area contributed by atoms with Gasteiger partial charge >= 0.3 is 0 Å². The van der Waals surface area contributed by atoms with Gasteiger partial charge in [-0.3, -0.25) is 0 Å². The van der Waals surface area contributed by atoms with Gasteiger partial charge in [0.25, 0.3) is 0 Å². The summed E-state index contributed by atoms with van der Waals surface area (Å²) in [5, 5.41) is 3.33. The van der Waals surface area contributed by atoms with Gasteiger partial charge in [0.1, 0.15) is 5.82 Å². The first-order chi connectivity index (χ1) is 8.04. The maximum absolute atomic E-state index is 4.32. The second kappa shape index (κ2) is 7.34. The largest absolute Gasteiger partial charge is 0.368 e. The number of likely N-dealkylation sites (N-methyl/N-ethyl adjacent to an activating group) is 1. The van der Waals surface area contributed by atoms with Gasteiger partial charge in [-0.05, 0) is 58.3 Å². The first-order valence-corrected chi connectivity index (χ1v) is 7.38. The Balaban J connectivity index is 2.40. The lowest BCUT2D eigenvalue weighted by atomic mass is 10.2. The van der Waals surface area contributed by atoms with Crippen molar-refractivity contribution in [2.24, 2.45) is 0 Å². The van der Waals surface area contributed by atoms with E-state index in [1.165, 1.54) is 6.42 Å². The van der Waals surface area contributed by atoms with E-state index >= 15 is 0 Å². The fraction of sp³-hybridized carbons (Fsp3) is 0.583. The number of nitrogens with zero attached hydrogens (tertiary/aromatic N) is 2. The van der Waals surface area contributed by atoms with Crippen LogP contribution in [0, 0.1) is 0 Å². The van der Waals surface area contributed by atoms with Gasteiger partial charge in [-0.1, -0.05) is 6.92 Å². The molecule has 0 aliphatic rings. The molecule has 0 saturated carbocycles. The summed E-state index contributed by atoms with van der Waals surface area (Å²) in [4.78, 5) is 6.66. The minimum absolute atomic E-state index is 0.623. The SMILES string of the molecule is CCC(C)N(C)CCNc1ncc(Br)cc1Br. The lowest BCUT2D eigenvalue weighted by molar-refractivity contribution is 0.261. The molecule has 1 unspecified atom stereocenters. The van der Waals surface area contributed by atoms with Crippen LogP contribution in [0.15, 0.2) is 21.2 Å². The van der Waals surface area contributed by atoms with E-state index in [-0.39, 0.29) is 0 Å². The van der Waals surface area contributed by atoms with Crippen molar-refractivity contribution in [1.82, 2.24) is 9.88 Å². The molecular weight excluding hydrogens is 346 g/mol. The minimum atomic E-state index is 0.623. The summed E-state index contributed by atoms with van der Waals surface area (Å²) in [5.41, 5.74) is 0. The van der Waals surface area contributed by atoms with E-state index in [1.54, 1.807) is 6.20 Å². The molecule has 1 aromatic rings. The van der Waals surface area contributed by atoms with E-state index < -0.39 is 0 Å². The highest BCUT2D eigenvalue weighted by atomic mass is 79.9. The van der Waals surface area contributed by atoms with Gasteiger partial charge in [0, 0.05) is 29.8 Å². The van der Waals surface area contributed by atoms with Crippen LogP contribution in [0.2, 0.25) is 0 Å². The van der Waals surface area contributed by atoms with Crippen LogP contribution in [0.3, 0.4) is 0 Å². The molecule has 3 nitrogen and oxygen atoms in total. The Morgan fingerprint density at radius 2 is 2.18 bits per heavy atom. The Morgan fingerprint density at radius 1 is 1.47 bits per heavy atom. The summed E-state index contributed by atoms with van der Waals surface area (Å²) < 4.78 is 1.96. The standard InChI is InChI=1S/C12H19Br2N3/c1-4-9(2)17(3)6-5-15-12-11(14)7-10(13)8-16-12/h7-9H,4-6H2,1-3H3,(H,15,16). The normalized spacial score (nSPS) is 12.8. The van der Waals surface area contributed by atoms with E-state index in [0.717, 1.165) is 27.9 Å². The second-order valence-corrected chi connectivity index (χ2v) is 5.92. The highest BCUT2D eigenvalue weighted by molar-refractivity contribution is 9.11. The zero-order valence-electron chi connectivity index (χ0n) is 10.5. The maximum Gasteiger partial charge on any atom is 0.140 e. The Bertz CT molecular complexity index is 358. The van der Waals surface area contributed by atoms with Crippen LogP contribution in [0.4, 0.5) is 5.82 Å². The van der Waals surface area contributed by atoms with Gasteiger partial charge in [0.15, 0.2) is 0 Å². The quantitative estimate of drug-likeness (QED) is 0.833. The summed E-state index contributed by atoms with van der Waals surface area (Å²) in [7, 11) is 2.15. The molecule has 0 aliphatic carbocycles. The van der Waals surface area contributed by atoms with E-state index in [4.69, 9.17) is 0 Å². The Kier molecular flexibility index (Phi) is 6.44. The first kappa shape index (κ1) is 14.9. The van der Waals surface area contributed by atoms with Crippen LogP contribution >= 0.6 is 31.9 Å². The highest BCUT2D eigenvalue weighted by Gasteiger charge is 2.06. The number of halogens is 2. The molecule has 0 aromatic carbocycles. The van der Waals surface area contributed by atoms with Crippen LogP contribution in [-0.2, 0) is 0 Å². The van der Waals surface area contributed by atoms with Crippen molar-refractivity contribution in [3.63, 3.8) is 0 Å². The predicted molar refractivity (Wildman–Crippen MR) is 80.5 cm³/mol. The Hall–Kier alpha value is -0.130. The molecule has 0 radical (unpaired) electrons. The zero-order chi connectivity index (χ0) is 12.8. The molecule has 0 bridgehead atoms. The van der Waals surface area contributed by atoms with Crippen molar-refractivity contribution in [2.45, 2.75) is 26.3 Å². The molecule has 1 rings (SSSR count). The molecule has 0 saturated heterocycles. The summed E-state index contributed by atoms with van der Waals surface area (Å²) in [6.07, 6.45) is 2.97. The summed E-state index contributed by atoms with van der Waals surface area (Å²) in [6, 6.07) is 2.62. The number of aromatic nitrogens is 1. The van der Waals surface area contributed by atoms with Crippen molar-refractivity contribution in [3.05, 3.63) is 21.2 Å². The number of nitrogens with one attached hydrogen (secondary N) is 1. The van der Waals surface area contributed by atoms with Crippen molar-refractivity contribution >= 4 is 37.7 Å². The van der Waals surface area contributed by atoms with Gasteiger partial charge in [-0.25, -0.2) is 4.98 Å². The third-order valence-electron chi connectivity index (χ3n) is 2.91. The number of pyridine rings is 1. The number of rotatable bonds is 6. The van der Waals surface area contributed by atoms with Crippen molar-refractivity contribution < 1.29 is 0 Å². The van der Waals surface area contributed by atoms with E-state index in [2.05, 4.69) is 68.0 Å².